The van der Waals surface area contributed by atoms with Crippen molar-refractivity contribution in [3.05, 3.63) is 23.8 Å². The monoisotopic (exact) mass is 514 g/mol. The molecule has 0 unspecified atom stereocenters. The second kappa shape index (κ2) is 12.6. The van der Waals surface area contributed by atoms with E-state index < -0.39 is 12.0 Å². The van der Waals surface area contributed by atoms with E-state index in [0.717, 1.165) is 0 Å². The third kappa shape index (κ3) is 8.44. The van der Waals surface area contributed by atoms with Gasteiger partial charge in [-0.15, -0.1) is 24.0 Å². The molecule has 1 aromatic carbocycles. The number of alkyl halides is 2. The fourth-order valence-corrected chi connectivity index (χ4v) is 2.25. The maximum absolute atomic E-state index is 12.6. The Morgan fingerprint density at radius 1 is 1.29 bits per heavy atom. The van der Waals surface area contributed by atoms with Gasteiger partial charge in [0.05, 0.1) is 19.1 Å². The summed E-state index contributed by atoms with van der Waals surface area (Å²) in [5.74, 6) is 0.906. The number of nitrogens with zero attached hydrogens (tertiary/aromatic N) is 1. The number of carbonyl (C=O) groups is 1. The van der Waals surface area contributed by atoms with Crippen molar-refractivity contribution in [1.82, 2.24) is 16.0 Å². The third-order valence-electron chi connectivity index (χ3n) is 3.77. The molecule has 0 heterocycles. The van der Waals surface area contributed by atoms with Gasteiger partial charge in [0.15, 0.2) is 5.96 Å². The summed E-state index contributed by atoms with van der Waals surface area (Å²) in [6.07, 6.45) is 0. The first kappa shape index (κ1) is 26.1. The van der Waals surface area contributed by atoms with Gasteiger partial charge in [0.1, 0.15) is 11.5 Å². The predicted octanol–water partition coefficient (Wildman–Crippen LogP) is 2.74. The molecular weight excluding hydrogens is 485 g/mol. The lowest BCUT2D eigenvalue weighted by Gasteiger charge is -2.24. The van der Waals surface area contributed by atoms with Crippen LogP contribution in [0.2, 0.25) is 0 Å². The van der Waals surface area contributed by atoms with Crippen LogP contribution in [0.25, 0.3) is 0 Å². The molecule has 0 bridgehead atoms. The number of amides is 1. The molecule has 0 aliphatic carbocycles. The summed E-state index contributed by atoms with van der Waals surface area (Å²) in [4.78, 5) is 16.3. The van der Waals surface area contributed by atoms with Gasteiger partial charge >= 0.3 is 6.61 Å². The molecular formula is C18H29F2IN4O3. The Hall–Kier alpha value is -1.85. The molecule has 0 saturated heterocycles. The maximum atomic E-state index is 12.6. The van der Waals surface area contributed by atoms with Crippen LogP contribution in [0, 0.1) is 5.41 Å². The molecule has 1 amide bonds. The lowest BCUT2D eigenvalue weighted by atomic mass is 9.92. The first-order chi connectivity index (χ1) is 12.7. The Morgan fingerprint density at radius 3 is 2.50 bits per heavy atom. The summed E-state index contributed by atoms with van der Waals surface area (Å²) in [7, 11) is 3.07. The second-order valence-corrected chi connectivity index (χ2v) is 6.36. The van der Waals surface area contributed by atoms with E-state index in [0.29, 0.717) is 30.4 Å². The van der Waals surface area contributed by atoms with E-state index in [1.165, 1.54) is 13.2 Å². The first-order valence-electron chi connectivity index (χ1n) is 8.59. The smallest absolute Gasteiger partial charge is 0.387 e. The Balaban J connectivity index is 0.00000729. The number of aliphatic imine (C=N–C) groups is 1. The standard InChI is InChI=1S/C18H28F2N4O3.HI/c1-6-22-17(24-11-18(2,3)15(25)21-4)23-10-12-9-13(26-5)7-8-14(12)27-16(19)20;/h7-9,16H,6,10-11H2,1-5H3,(H,21,25)(H2,22,23,24);1H. The number of rotatable bonds is 9. The first-order valence-corrected chi connectivity index (χ1v) is 8.59. The largest absolute Gasteiger partial charge is 0.497 e. The van der Waals surface area contributed by atoms with E-state index >= 15 is 0 Å². The molecule has 0 fully saturated rings. The van der Waals surface area contributed by atoms with Gasteiger partial charge < -0.3 is 25.4 Å². The van der Waals surface area contributed by atoms with Gasteiger partial charge in [0.25, 0.3) is 0 Å². The molecule has 10 heteroatoms. The van der Waals surface area contributed by atoms with E-state index in [1.54, 1.807) is 33.0 Å². The molecule has 7 nitrogen and oxygen atoms in total. The predicted molar refractivity (Wildman–Crippen MR) is 116 cm³/mol. The van der Waals surface area contributed by atoms with Crippen LogP contribution < -0.4 is 25.4 Å². The molecule has 3 N–H and O–H groups in total. The van der Waals surface area contributed by atoms with Gasteiger partial charge in [-0.1, -0.05) is 0 Å². The van der Waals surface area contributed by atoms with Crippen LogP contribution in [0.4, 0.5) is 8.78 Å². The molecule has 0 aliphatic rings. The normalized spacial score (nSPS) is 11.5. The number of guanidine groups is 1. The molecule has 160 valence electrons. The van der Waals surface area contributed by atoms with Crippen LogP contribution in [-0.2, 0) is 11.3 Å². The topological polar surface area (TPSA) is 84.0 Å². The van der Waals surface area contributed by atoms with Crippen molar-refractivity contribution in [1.29, 1.82) is 0 Å². The van der Waals surface area contributed by atoms with E-state index in [9.17, 15) is 13.6 Å². The molecule has 28 heavy (non-hydrogen) atoms. The number of methoxy groups -OCH3 is 1. The zero-order valence-corrected chi connectivity index (χ0v) is 19.1. The van der Waals surface area contributed by atoms with Crippen molar-refractivity contribution < 1.29 is 23.0 Å². The van der Waals surface area contributed by atoms with Crippen molar-refractivity contribution >= 4 is 35.8 Å². The summed E-state index contributed by atoms with van der Waals surface area (Å²) >= 11 is 0. The molecule has 0 saturated carbocycles. The highest BCUT2D eigenvalue weighted by Gasteiger charge is 2.26. The molecule has 1 rings (SSSR count). The third-order valence-corrected chi connectivity index (χ3v) is 3.77. The van der Waals surface area contributed by atoms with Gasteiger partial charge in [-0.3, -0.25) is 4.79 Å². The lowest BCUT2D eigenvalue weighted by molar-refractivity contribution is -0.128. The summed E-state index contributed by atoms with van der Waals surface area (Å²) < 4.78 is 34.9. The van der Waals surface area contributed by atoms with E-state index in [2.05, 4.69) is 25.7 Å². The highest BCUT2D eigenvalue weighted by Crippen LogP contribution is 2.26. The average molecular weight is 514 g/mol. The van der Waals surface area contributed by atoms with Crippen LogP contribution >= 0.6 is 24.0 Å². The van der Waals surface area contributed by atoms with Crippen LogP contribution in [0.1, 0.15) is 26.3 Å². The van der Waals surface area contributed by atoms with Crippen molar-refractivity contribution in [3.63, 3.8) is 0 Å². The molecule has 0 aromatic heterocycles. The summed E-state index contributed by atoms with van der Waals surface area (Å²) in [5.41, 5.74) is -0.192. The zero-order valence-electron chi connectivity index (χ0n) is 16.8. The minimum absolute atomic E-state index is 0. The Labute approximate surface area is 181 Å². The van der Waals surface area contributed by atoms with E-state index in [-0.39, 0.29) is 42.2 Å². The van der Waals surface area contributed by atoms with Crippen LogP contribution in [0.5, 0.6) is 11.5 Å². The lowest BCUT2D eigenvalue weighted by Crippen LogP contribution is -2.47. The summed E-state index contributed by atoms with van der Waals surface area (Å²) in [5, 5.41) is 8.77. The number of halogens is 3. The van der Waals surface area contributed by atoms with Crippen LogP contribution in [0.15, 0.2) is 23.2 Å². The van der Waals surface area contributed by atoms with E-state index in [4.69, 9.17) is 4.74 Å². The van der Waals surface area contributed by atoms with Crippen molar-refractivity contribution in [3.8, 4) is 11.5 Å². The minimum atomic E-state index is -2.93. The molecule has 0 atom stereocenters. The number of ether oxygens (including phenoxy) is 2. The fourth-order valence-electron chi connectivity index (χ4n) is 2.25. The highest BCUT2D eigenvalue weighted by molar-refractivity contribution is 14.0. The van der Waals surface area contributed by atoms with Gasteiger partial charge in [-0.05, 0) is 39.0 Å². The second-order valence-electron chi connectivity index (χ2n) is 6.36. The van der Waals surface area contributed by atoms with Gasteiger partial charge in [-0.25, -0.2) is 4.99 Å². The average Bonchev–Trinajstić information content (AvgIpc) is 2.63. The number of benzene rings is 1. The minimum Gasteiger partial charge on any atom is -0.497 e. The fraction of sp³-hybridized carbons (Fsp3) is 0.556. The van der Waals surface area contributed by atoms with Gasteiger partial charge in [-0.2, -0.15) is 8.78 Å². The number of nitrogens with one attached hydrogen (secondary N) is 3. The van der Waals surface area contributed by atoms with Crippen LogP contribution in [0.3, 0.4) is 0 Å². The van der Waals surface area contributed by atoms with Gasteiger partial charge in [0.2, 0.25) is 5.91 Å². The number of hydrogen-bond acceptors (Lipinski definition) is 4. The highest BCUT2D eigenvalue weighted by atomic mass is 127. The van der Waals surface area contributed by atoms with Crippen LogP contribution in [-0.4, -0.2) is 45.7 Å². The molecule has 0 spiro atoms. The quantitative estimate of drug-likeness (QED) is 0.268. The van der Waals surface area contributed by atoms with Gasteiger partial charge in [0, 0.05) is 25.7 Å². The van der Waals surface area contributed by atoms with Crippen molar-refractivity contribution in [2.45, 2.75) is 33.9 Å². The summed E-state index contributed by atoms with van der Waals surface area (Å²) in [6.45, 7) is 3.62. The number of hydrogen-bond donors (Lipinski definition) is 3. The van der Waals surface area contributed by atoms with E-state index in [1.807, 2.05) is 6.92 Å². The molecule has 0 aliphatic heterocycles. The maximum Gasteiger partial charge on any atom is 0.387 e. The Morgan fingerprint density at radius 2 is 1.96 bits per heavy atom. The van der Waals surface area contributed by atoms with Crippen molar-refractivity contribution in [2.24, 2.45) is 10.4 Å². The SMILES string of the molecule is CCNC(=NCc1cc(OC)ccc1OC(F)F)NCC(C)(C)C(=O)NC.I. The number of carbonyl (C=O) groups excluding carboxylic acids is 1. The van der Waals surface area contributed by atoms with Crippen molar-refractivity contribution in [2.75, 3.05) is 27.2 Å². The molecule has 0 radical (unpaired) electrons. The summed E-state index contributed by atoms with van der Waals surface area (Å²) in [6, 6.07) is 4.56. The Kier molecular flexibility index (Phi) is 11.7. The Bertz CT molecular complexity index is 658. The zero-order chi connectivity index (χ0) is 20.4. The molecule has 1 aromatic rings.